The molecule has 3 aliphatic heterocycles. The Labute approximate surface area is 242 Å². The van der Waals surface area contributed by atoms with Crippen LogP contribution in [-0.2, 0) is 23.9 Å². The summed E-state index contributed by atoms with van der Waals surface area (Å²) in [6, 6.07) is 6.09. The number of amides is 6. The number of furan rings is 1. The van der Waals surface area contributed by atoms with Crippen molar-refractivity contribution in [2.75, 3.05) is 30.9 Å². The Morgan fingerprint density at radius 3 is 2.57 bits per heavy atom. The molecule has 42 heavy (non-hydrogen) atoms. The summed E-state index contributed by atoms with van der Waals surface area (Å²) in [5.41, 5.74) is 3.73. The number of carbonyl (C=O) groups excluding carboxylic acids is 5. The van der Waals surface area contributed by atoms with Crippen LogP contribution in [0.4, 0.5) is 15.3 Å². The summed E-state index contributed by atoms with van der Waals surface area (Å²) in [4.78, 5) is 77.8. The number of imide groups is 1. The second-order valence-corrected chi connectivity index (χ2v) is 10.5. The number of fused-ring (bicyclic) bond motifs is 1. The summed E-state index contributed by atoms with van der Waals surface area (Å²) in [6.07, 6.45) is 2.82. The van der Waals surface area contributed by atoms with E-state index in [-0.39, 0.29) is 36.7 Å². The largest absolute Gasteiger partial charge is 0.477 e. The van der Waals surface area contributed by atoms with Gasteiger partial charge in [0.15, 0.2) is 0 Å². The minimum absolute atomic E-state index is 0.0490. The molecule has 2 unspecified atom stereocenters. The van der Waals surface area contributed by atoms with E-state index in [0.717, 1.165) is 9.80 Å². The molecule has 0 spiro atoms. The Morgan fingerprint density at radius 2 is 1.90 bits per heavy atom. The number of hydrazine groups is 1. The Balaban J connectivity index is 1.28. The zero-order chi connectivity index (χ0) is 30.0. The molecule has 3 atom stereocenters. The first-order valence-electron chi connectivity index (χ1n) is 12.7. The first-order chi connectivity index (χ1) is 20.2. The average Bonchev–Trinajstić information content (AvgIpc) is 3.62. The maximum absolute atomic E-state index is 13.5. The molecule has 6 amide bonds. The smallest absolute Gasteiger partial charge is 0.352 e. The number of anilines is 1. The number of aliphatic carboxylic acids is 1. The molecule has 0 aliphatic carbocycles. The first kappa shape index (κ1) is 28.5. The van der Waals surface area contributed by atoms with E-state index < -0.39 is 53.3 Å². The molecular weight excluding hydrogens is 572 g/mol. The van der Waals surface area contributed by atoms with Crippen molar-refractivity contribution in [2.24, 2.45) is 0 Å². The zero-order valence-corrected chi connectivity index (χ0v) is 23.0. The number of urea groups is 2. The third-order valence-electron chi connectivity index (χ3n) is 6.70. The fraction of sp³-hybridized carbons (Fsp3) is 0.308. The number of carboxylic acid groups (broad SMARTS) is 1. The predicted molar refractivity (Wildman–Crippen MR) is 145 cm³/mol. The highest BCUT2D eigenvalue weighted by Gasteiger charge is 2.54. The molecule has 1 aromatic carbocycles. The zero-order valence-electron chi connectivity index (χ0n) is 22.1. The van der Waals surface area contributed by atoms with Crippen molar-refractivity contribution in [1.29, 1.82) is 0 Å². The van der Waals surface area contributed by atoms with Crippen LogP contribution in [0.3, 0.4) is 0 Å². The normalized spacial score (nSPS) is 20.5. The molecule has 0 saturated carbocycles. The second kappa shape index (κ2) is 11.9. The van der Waals surface area contributed by atoms with Crippen molar-refractivity contribution >= 4 is 53.3 Å². The van der Waals surface area contributed by atoms with Crippen LogP contribution in [0, 0.1) is 0 Å². The number of carboxylic acids is 1. The number of esters is 1. The van der Waals surface area contributed by atoms with Gasteiger partial charge in [0, 0.05) is 24.3 Å². The summed E-state index contributed by atoms with van der Waals surface area (Å²) in [7, 11) is 0. The lowest BCUT2D eigenvalue weighted by Gasteiger charge is -2.49. The molecule has 5 rings (SSSR count). The Morgan fingerprint density at radius 1 is 1.14 bits per heavy atom. The highest BCUT2D eigenvalue weighted by atomic mass is 32.2. The van der Waals surface area contributed by atoms with E-state index >= 15 is 0 Å². The highest BCUT2D eigenvalue weighted by molar-refractivity contribution is 8.00. The molecule has 15 nitrogen and oxygen atoms in total. The molecule has 3 aliphatic rings. The summed E-state index contributed by atoms with van der Waals surface area (Å²) >= 11 is 1.21. The van der Waals surface area contributed by atoms with Gasteiger partial charge >= 0.3 is 24.0 Å². The first-order valence-corrected chi connectivity index (χ1v) is 13.8. The number of carbonyl (C=O) groups is 6. The SMILES string of the molecule is CC(=O)OCC1=C(C(=O)O)N2C(=O)C(NC(=O)C(NC(=O)N3CCN(Nc4ccoc4)C3=O)c3ccccc3)[C@@H]2SC1. The number of hydrogen-bond donors (Lipinski definition) is 4. The lowest BCUT2D eigenvalue weighted by molar-refractivity contribution is -0.151. The summed E-state index contributed by atoms with van der Waals surface area (Å²) in [5, 5.41) is 15.5. The third kappa shape index (κ3) is 5.60. The fourth-order valence-electron chi connectivity index (χ4n) is 4.68. The van der Waals surface area contributed by atoms with Crippen molar-refractivity contribution in [3.05, 3.63) is 65.8 Å². The van der Waals surface area contributed by atoms with Gasteiger partial charge in [0.25, 0.3) is 5.91 Å². The number of benzene rings is 1. The molecule has 4 N–H and O–H groups in total. The van der Waals surface area contributed by atoms with E-state index in [1.165, 1.54) is 36.2 Å². The number of β-lactam (4-membered cyclic amide) rings is 1. The Hall–Kier alpha value is -4.99. The van der Waals surface area contributed by atoms with Gasteiger partial charge in [0.2, 0.25) is 5.91 Å². The molecule has 0 radical (unpaired) electrons. The highest BCUT2D eigenvalue weighted by Crippen LogP contribution is 2.40. The standard InChI is InChI=1S/C26H26N6O9S/c1-14(33)41-11-16-13-42-23-19(22(35)32(23)20(16)24(36)37)27-21(34)18(15-5-3-2-4-6-15)28-25(38)30-8-9-31(26(30)39)29-17-7-10-40-12-17/h2-7,10,12,18-19,23,29H,8-9,11,13H2,1H3,(H,27,34)(H,28,38)(H,36,37)/t18?,19?,23-/m0/s1. The van der Waals surface area contributed by atoms with Gasteiger partial charge in [-0.3, -0.25) is 24.7 Å². The van der Waals surface area contributed by atoms with Gasteiger partial charge < -0.3 is 24.9 Å². The van der Waals surface area contributed by atoms with E-state index in [4.69, 9.17) is 9.15 Å². The van der Waals surface area contributed by atoms with Crippen molar-refractivity contribution in [2.45, 2.75) is 24.4 Å². The number of thioether (sulfide) groups is 1. The topological polar surface area (TPSA) is 191 Å². The van der Waals surface area contributed by atoms with E-state index in [1.54, 1.807) is 36.4 Å². The van der Waals surface area contributed by atoms with E-state index in [2.05, 4.69) is 16.1 Å². The number of nitrogens with zero attached hydrogens (tertiary/aromatic N) is 3. The van der Waals surface area contributed by atoms with Crippen LogP contribution in [0.1, 0.15) is 18.5 Å². The van der Waals surface area contributed by atoms with E-state index in [0.29, 0.717) is 11.3 Å². The molecule has 16 heteroatoms. The summed E-state index contributed by atoms with van der Waals surface area (Å²) in [6.45, 7) is 1.15. The molecule has 2 fully saturated rings. The maximum Gasteiger partial charge on any atom is 0.352 e. The summed E-state index contributed by atoms with van der Waals surface area (Å²) < 4.78 is 9.91. The number of nitrogens with one attached hydrogen (secondary N) is 3. The van der Waals surface area contributed by atoms with Crippen molar-refractivity contribution in [3.63, 3.8) is 0 Å². The molecular formula is C26H26N6O9S. The van der Waals surface area contributed by atoms with Crippen molar-refractivity contribution in [3.8, 4) is 0 Å². The van der Waals surface area contributed by atoms with Crippen LogP contribution >= 0.6 is 11.8 Å². The van der Waals surface area contributed by atoms with Crippen molar-refractivity contribution in [1.82, 2.24) is 25.4 Å². The average molecular weight is 599 g/mol. The van der Waals surface area contributed by atoms with Gasteiger partial charge in [0.1, 0.15) is 36.0 Å². The van der Waals surface area contributed by atoms with Crippen LogP contribution < -0.4 is 16.1 Å². The molecule has 0 bridgehead atoms. The minimum atomic E-state index is -1.36. The maximum atomic E-state index is 13.5. The second-order valence-electron chi connectivity index (χ2n) is 9.44. The van der Waals surface area contributed by atoms with Gasteiger partial charge in [-0.05, 0) is 5.56 Å². The number of ether oxygens (including phenoxy) is 1. The van der Waals surface area contributed by atoms with Gasteiger partial charge in [-0.1, -0.05) is 30.3 Å². The van der Waals surface area contributed by atoms with E-state index in [1.807, 2.05) is 0 Å². The lowest BCUT2D eigenvalue weighted by Crippen LogP contribution is -2.71. The van der Waals surface area contributed by atoms with Crippen LogP contribution in [-0.4, -0.2) is 92.6 Å². The fourth-order valence-corrected chi connectivity index (χ4v) is 6.01. The lowest BCUT2D eigenvalue weighted by atomic mass is 10.0. The van der Waals surface area contributed by atoms with Crippen LogP contribution in [0.5, 0.6) is 0 Å². The molecule has 220 valence electrons. The minimum Gasteiger partial charge on any atom is -0.477 e. The van der Waals surface area contributed by atoms with Gasteiger partial charge in [-0.2, -0.15) is 0 Å². The third-order valence-corrected chi connectivity index (χ3v) is 8.04. The van der Waals surface area contributed by atoms with Gasteiger partial charge in [-0.15, -0.1) is 11.8 Å². The summed E-state index contributed by atoms with van der Waals surface area (Å²) in [5.74, 6) is -3.17. The Kier molecular flexibility index (Phi) is 8.06. The molecule has 1 aromatic heterocycles. The molecule has 4 heterocycles. The predicted octanol–water partition coefficient (Wildman–Crippen LogP) is 1.10. The number of rotatable bonds is 9. The van der Waals surface area contributed by atoms with Crippen LogP contribution in [0.2, 0.25) is 0 Å². The van der Waals surface area contributed by atoms with Crippen LogP contribution in [0.15, 0.2) is 64.6 Å². The monoisotopic (exact) mass is 598 g/mol. The van der Waals surface area contributed by atoms with Gasteiger partial charge in [0.05, 0.1) is 25.0 Å². The quantitative estimate of drug-likeness (QED) is 0.239. The Bertz CT molecular complexity index is 1450. The van der Waals surface area contributed by atoms with E-state index in [9.17, 15) is 33.9 Å². The molecule has 2 saturated heterocycles. The van der Waals surface area contributed by atoms with Gasteiger partial charge in [-0.25, -0.2) is 24.3 Å². The van der Waals surface area contributed by atoms with Crippen LogP contribution in [0.25, 0.3) is 0 Å². The number of hydrogen-bond acceptors (Lipinski definition) is 10. The van der Waals surface area contributed by atoms with Crippen molar-refractivity contribution < 1.29 is 43.0 Å². The molecule has 2 aromatic rings.